The van der Waals surface area contributed by atoms with Crippen LogP contribution in [0.2, 0.25) is 0 Å². The number of hydrogen-bond acceptors (Lipinski definition) is 8. The van der Waals surface area contributed by atoms with E-state index >= 15 is 0 Å². The van der Waals surface area contributed by atoms with Crippen molar-refractivity contribution in [1.82, 2.24) is 4.57 Å². The van der Waals surface area contributed by atoms with E-state index < -0.39 is 5.63 Å². The van der Waals surface area contributed by atoms with Crippen molar-refractivity contribution >= 4 is 44.7 Å². The van der Waals surface area contributed by atoms with E-state index in [4.69, 9.17) is 33.3 Å². The highest BCUT2D eigenvalue weighted by atomic mass is 16.5. The summed E-state index contributed by atoms with van der Waals surface area (Å²) < 4.78 is 32.3. The van der Waals surface area contributed by atoms with Crippen molar-refractivity contribution < 1.29 is 23.4 Å². The molecule has 1 aliphatic rings. The molecule has 0 unspecified atom stereocenters. The standard InChI is InChI=1S/C55H43N3O6/c1-60-45-30-39(25-26-42(45)56-51(34-17-9-5-10-18-34)35-19-11-6-12-20-35)49-50-41-32-46(61-2)43(57-52(36-21-13-7-14-22-36)37-23-15-8-16-24-37)33-44(41)64-55(59)54(50)58-28-27-38-29-47(62-3)48(63-4)31-40(38)53(49)58/h5-26,29-33H,27-28H2,1-4H3. The Morgan fingerprint density at radius 3 is 1.58 bits per heavy atom. The lowest BCUT2D eigenvalue weighted by Gasteiger charge is -2.23. The van der Waals surface area contributed by atoms with Crippen LogP contribution in [0.3, 0.4) is 0 Å². The number of rotatable bonds is 11. The van der Waals surface area contributed by atoms with Crippen LogP contribution in [0.1, 0.15) is 27.8 Å². The van der Waals surface area contributed by atoms with E-state index in [1.54, 1.807) is 34.5 Å². The van der Waals surface area contributed by atoms with Gasteiger partial charge in [-0.05, 0) is 47.9 Å². The predicted octanol–water partition coefficient (Wildman–Crippen LogP) is 12.0. The van der Waals surface area contributed by atoms with Gasteiger partial charge in [0.1, 0.15) is 34.0 Å². The highest BCUT2D eigenvalue weighted by Crippen LogP contribution is 2.50. The van der Waals surface area contributed by atoms with E-state index in [1.165, 1.54) is 0 Å². The molecular weight excluding hydrogens is 799 g/mol. The minimum absolute atomic E-state index is 0.373. The van der Waals surface area contributed by atoms with E-state index in [0.717, 1.165) is 67.0 Å². The summed E-state index contributed by atoms with van der Waals surface area (Å²) in [7, 11) is 6.55. The van der Waals surface area contributed by atoms with Crippen LogP contribution in [0.5, 0.6) is 23.0 Å². The molecule has 9 heteroatoms. The third kappa shape index (κ3) is 7.06. The van der Waals surface area contributed by atoms with Crippen LogP contribution in [-0.2, 0) is 13.0 Å². The third-order valence-electron chi connectivity index (χ3n) is 11.8. The lowest BCUT2D eigenvalue weighted by Crippen LogP contribution is -2.15. The zero-order chi connectivity index (χ0) is 43.7. The zero-order valence-electron chi connectivity index (χ0n) is 35.8. The Kier molecular flexibility index (Phi) is 10.6. The molecule has 7 aromatic carbocycles. The minimum Gasteiger partial charge on any atom is -0.494 e. The highest BCUT2D eigenvalue weighted by molar-refractivity contribution is 6.19. The number of hydrogen-bond donors (Lipinski definition) is 0. The Hall–Kier alpha value is -8.17. The second kappa shape index (κ2) is 16.9. The molecule has 0 aliphatic carbocycles. The molecule has 9 nitrogen and oxygen atoms in total. The summed E-state index contributed by atoms with van der Waals surface area (Å²) in [6.45, 7) is 0.526. The maximum Gasteiger partial charge on any atom is 0.361 e. The van der Waals surface area contributed by atoms with Crippen LogP contribution in [0.25, 0.3) is 44.3 Å². The molecule has 314 valence electrons. The first-order valence-electron chi connectivity index (χ1n) is 21.0. The Bertz CT molecular complexity index is 3240. The number of benzene rings is 7. The van der Waals surface area contributed by atoms with Crippen LogP contribution in [0.15, 0.2) is 183 Å². The molecule has 0 bridgehead atoms. The van der Waals surface area contributed by atoms with Crippen LogP contribution in [-0.4, -0.2) is 44.4 Å². The van der Waals surface area contributed by atoms with E-state index in [2.05, 4.69) is 28.8 Å². The maximum atomic E-state index is 14.6. The van der Waals surface area contributed by atoms with Crippen molar-refractivity contribution in [2.45, 2.75) is 13.0 Å². The molecule has 9 aromatic rings. The third-order valence-corrected chi connectivity index (χ3v) is 11.8. The van der Waals surface area contributed by atoms with E-state index in [9.17, 15) is 4.79 Å². The van der Waals surface area contributed by atoms with Crippen LogP contribution >= 0.6 is 0 Å². The summed E-state index contributed by atoms with van der Waals surface area (Å²) in [6.07, 6.45) is 0.654. The molecular formula is C55H43N3O6. The molecule has 64 heavy (non-hydrogen) atoms. The molecule has 0 N–H and O–H groups in total. The lowest BCUT2D eigenvalue weighted by atomic mass is 9.91. The monoisotopic (exact) mass is 841 g/mol. The van der Waals surface area contributed by atoms with Crippen molar-refractivity contribution in [1.29, 1.82) is 0 Å². The van der Waals surface area contributed by atoms with E-state index in [-0.39, 0.29) is 0 Å². The maximum absolute atomic E-state index is 14.6. The van der Waals surface area contributed by atoms with Gasteiger partial charge in [-0.15, -0.1) is 0 Å². The van der Waals surface area contributed by atoms with Crippen molar-refractivity contribution in [2.24, 2.45) is 9.98 Å². The van der Waals surface area contributed by atoms with Gasteiger partial charge in [0.25, 0.3) is 0 Å². The normalized spacial score (nSPS) is 11.7. The average molecular weight is 842 g/mol. The van der Waals surface area contributed by atoms with Gasteiger partial charge in [-0.3, -0.25) is 0 Å². The van der Waals surface area contributed by atoms with Crippen LogP contribution < -0.4 is 24.6 Å². The van der Waals surface area contributed by atoms with Gasteiger partial charge in [0.2, 0.25) is 0 Å². The summed E-state index contributed by atoms with van der Waals surface area (Å²) in [5.74, 6) is 2.30. The molecule has 0 fully saturated rings. The minimum atomic E-state index is -0.464. The topological polar surface area (TPSA) is 96.8 Å². The fraction of sp³-hybridized carbons (Fsp3) is 0.109. The van der Waals surface area contributed by atoms with Crippen molar-refractivity contribution in [3.63, 3.8) is 0 Å². The summed E-state index contributed by atoms with van der Waals surface area (Å²) in [5, 5.41) is 1.42. The van der Waals surface area contributed by atoms with Gasteiger partial charge in [0, 0.05) is 56.8 Å². The van der Waals surface area contributed by atoms with E-state index in [0.29, 0.717) is 63.8 Å². The van der Waals surface area contributed by atoms with Gasteiger partial charge in [-0.25, -0.2) is 14.8 Å². The highest BCUT2D eigenvalue weighted by Gasteiger charge is 2.31. The molecule has 1 aliphatic heterocycles. The summed E-state index contributed by atoms with van der Waals surface area (Å²) in [5.41, 5.74) is 11.4. The van der Waals surface area contributed by atoms with Gasteiger partial charge >= 0.3 is 5.63 Å². The molecule has 0 amide bonds. The summed E-state index contributed by atoms with van der Waals surface area (Å²) in [4.78, 5) is 25.1. The van der Waals surface area contributed by atoms with Crippen molar-refractivity contribution in [3.05, 3.63) is 202 Å². The Labute approximate surface area is 370 Å². The SMILES string of the molecule is COc1cc(-c2c3n(c4c(=O)oc5cc(N=C(c6ccccc6)c6ccccc6)c(OC)cc5c24)CCc2cc(OC)c(OC)cc2-3)ccc1N=C(c1ccccc1)c1ccccc1. The fourth-order valence-corrected chi connectivity index (χ4v) is 8.83. The predicted molar refractivity (Wildman–Crippen MR) is 255 cm³/mol. The number of nitrogens with zero attached hydrogens (tertiary/aromatic N) is 3. The largest absolute Gasteiger partial charge is 0.494 e. The second-order valence-corrected chi connectivity index (χ2v) is 15.4. The first-order chi connectivity index (χ1) is 31.5. The Morgan fingerprint density at radius 2 is 1.05 bits per heavy atom. The number of methoxy groups -OCH3 is 4. The van der Waals surface area contributed by atoms with Crippen LogP contribution in [0.4, 0.5) is 11.4 Å². The quantitative estimate of drug-likeness (QED) is 0.0950. The van der Waals surface area contributed by atoms with E-state index in [1.807, 2.05) is 133 Å². The molecule has 0 radical (unpaired) electrons. The second-order valence-electron chi connectivity index (χ2n) is 15.4. The first kappa shape index (κ1) is 39.9. The average Bonchev–Trinajstić information content (AvgIpc) is 3.72. The zero-order valence-corrected chi connectivity index (χ0v) is 35.8. The number of aryl methyl sites for hydroxylation is 2. The molecule has 2 aromatic heterocycles. The number of aromatic nitrogens is 1. The lowest BCUT2D eigenvalue weighted by molar-refractivity contribution is 0.354. The summed E-state index contributed by atoms with van der Waals surface area (Å²) >= 11 is 0. The first-order valence-corrected chi connectivity index (χ1v) is 21.0. The van der Waals surface area contributed by atoms with Gasteiger partial charge in [-0.2, -0.15) is 0 Å². The molecule has 3 heterocycles. The molecule has 10 rings (SSSR count). The summed E-state index contributed by atoms with van der Waals surface area (Å²) in [6, 6.07) is 54.0. The molecule has 0 atom stereocenters. The number of aliphatic imine (C=N–C) groups is 2. The fourth-order valence-electron chi connectivity index (χ4n) is 8.83. The smallest absolute Gasteiger partial charge is 0.361 e. The molecule has 0 saturated heterocycles. The molecule has 0 spiro atoms. The van der Waals surface area contributed by atoms with Crippen molar-refractivity contribution in [3.8, 4) is 45.4 Å². The van der Waals surface area contributed by atoms with Gasteiger partial charge in [-0.1, -0.05) is 127 Å². The van der Waals surface area contributed by atoms with Gasteiger partial charge in [0.05, 0.1) is 45.6 Å². The Balaban J connectivity index is 1.25. The number of ether oxygens (including phenoxy) is 4. The van der Waals surface area contributed by atoms with Crippen molar-refractivity contribution in [2.75, 3.05) is 28.4 Å². The number of fused-ring (bicyclic) bond motifs is 7. The van der Waals surface area contributed by atoms with Gasteiger partial charge in [0.15, 0.2) is 11.5 Å². The van der Waals surface area contributed by atoms with Gasteiger partial charge < -0.3 is 27.9 Å². The Morgan fingerprint density at radius 1 is 0.547 bits per heavy atom. The molecule has 0 saturated carbocycles. The van der Waals surface area contributed by atoms with Crippen LogP contribution in [0, 0.1) is 0 Å².